The van der Waals surface area contributed by atoms with Crippen LogP contribution >= 0.6 is 0 Å². The van der Waals surface area contributed by atoms with Gasteiger partial charge in [0.05, 0.1) is 5.56 Å². The molecule has 9 heteroatoms. The van der Waals surface area contributed by atoms with Crippen LogP contribution in [0.15, 0.2) is 41.5 Å². The minimum Gasteiger partial charge on any atom is -0.462 e. The van der Waals surface area contributed by atoms with Crippen molar-refractivity contribution in [3.63, 3.8) is 0 Å². The average molecular weight is 387 g/mol. The molecular weight excluding hydrogens is 368 g/mol. The summed E-state index contributed by atoms with van der Waals surface area (Å²) in [5.41, 5.74) is 6.56. The third-order valence-electron chi connectivity index (χ3n) is 3.83. The van der Waals surface area contributed by atoms with E-state index in [0.717, 1.165) is 0 Å². The van der Waals surface area contributed by atoms with Gasteiger partial charge in [-0.25, -0.2) is 18.8 Å². The van der Waals surface area contributed by atoms with Gasteiger partial charge in [0.2, 0.25) is 0 Å². The predicted molar refractivity (Wildman–Crippen MR) is 99.8 cm³/mol. The molecule has 1 aromatic heterocycles. The molecule has 3 N–H and O–H groups in total. The molecule has 0 aliphatic rings. The first-order chi connectivity index (χ1) is 13.5. The van der Waals surface area contributed by atoms with Gasteiger partial charge in [-0.1, -0.05) is 6.92 Å². The third-order valence-corrected chi connectivity index (χ3v) is 3.83. The number of aliphatic imine (C=N–C) groups is 1. The number of hydrogen-bond donors (Lipinski definition) is 2. The third kappa shape index (κ3) is 5.74. The lowest BCUT2D eigenvalue weighted by molar-refractivity contribution is 0.102. The van der Waals surface area contributed by atoms with Crippen LogP contribution in [0, 0.1) is 17.1 Å². The molecule has 0 saturated heterocycles. The highest BCUT2D eigenvalue weighted by molar-refractivity contribution is 6.02. The number of nitrogens with one attached hydrogen (secondary N) is 1. The Bertz CT molecular complexity index is 894. The number of nitrogens with zero attached hydrogens (tertiary/aromatic N) is 3. The van der Waals surface area contributed by atoms with Gasteiger partial charge in [0.1, 0.15) is 23.7 Å². The Morgan fingerprint density at radius 1 is 1.43 bits per heavy atom. The lowest BCUT2D eigenvalue weighted by Gasteiger charge is -2.17. The van der Waals surface area contributed by atoms with Gasteiger partial charge in [0.25, 0.3) is 11.9 Å². The fourth-order valence-corrected chi connectivity index (χ4v) is 2.38. The summed E-state index contributed by atoms with van der Waals surface area (Å²) in [4.78, 5) is 19.5. The van der Waals surface area contributed by atoms with Crippen LogP contribution in [-0.4, -0.2) is 29.8 Å². The Labute approximate surface area is 160 Å². The van der Waals surface area contributed by atoms with Crippen molar-refractivity contribution >= 4 is 17.6 Å². The summed E-state index contributed by atoms with van der Waals surface area (Å²) in [6.45, 7) is 0.815. The number of alkyl halides is 1. The minimum absolute atomic E-state index is 0.120. The maximum Gasteiger partial charge on any atom is 0.284 e. The molecule has 0 fully saturated rings. The van der Waals surface area contributed by atoms with Gasteiger partial charge in [-0.05, 0) is 42.3 Å². The molecule has 0 bridgehead atoms. The number of rotatable bonds is 7. The molecule has 1 heterocycles. The van der Waals surface area contributed by atoms with E-state index in [-0.39, 0.29) is 18.1 Å². The molecule has 1 aromatic carbocycles. The van der Waals surface area contributed by atoms with Crippen LogP contribution in [0.5, 0.6) is 0 Å². The molecule has 146 valence electrons. The Morgan fingerprint density at radius 3 is 2.82 bits per heavy atom. The van der Waals surface area contributed by atoms with Crippen LogP contribution in [0.1, 0.15) is 35.0 Å². The maximum atomic E-state index is 14.2. The topological polar surface area (TPSA) is 113 Å². The number of carbonyl (C=O) groups is 1. The zero-order chi connectivity index (χ0) is 20.5. The molecule has 0 saturated carbocycles. The number of amidine groups is 1. The van der Waals surface area contributed by atoms with Crippen LogP contribution in [0.4, 0.5) is 14.5 Å². The summed E-state index contributed by atoms with van der Waals surface area (Å²) in [5, 5.41) is 11.4. The summed E-state index contributed by atoms with van der Waals surface area (Å²) in [6, 6.07) is 8.64. The largest absolute Gasteiger partial charge is 0.462 e. The molecule has 0 radical (unpaired) electrons. The molecule has 0 spiro atoms. The lowest BCUT2D eigenvalue weighted by Crippen LogP contribution is -2.26. The molecule has 28 heavy (non-hydrogen) atoms. The fraction of sp³-hybridized carbons (Fsp3) is 0.263. The first-order valence-corrected chi connectivity index (χ1v) is 8.45. The average Bonchev–Trinajstić information content (AvgIpc) is 2.70. The van der Waals surface area contributed by atoms with Gasteiger partial charge in [-0.2, -0.15) is 5.26 Å². The number of halogens is 2. The first kappa shape index (κ1) is 20.8. The molecule has 1 atom stereocenters. The number of nitriles is 1. The van der Waals surface area contributed by atoms with E-state index in [4.69, 9.17) is 15.7 Å². The van der Waals surface area contributed by atoms with Crippen LogP contribution in [-0.2, 0) is 11.2 Å². The van der Waals surface area contributed by atoms with Gasteiger partial charge in [-0.3, -0.25) is 4.79 Å². The molecule has 0 aliphatic heterocycles. The van der Waals surface area contributed by atoms with Crippen molar-refractivity contribution in [3.05, 3.63) is 59.2 Å². The SMILES string of the molecule is CC[C@H](Cc1cc(NC(=O)c2ccc(C#N)cn2)ccc1F)O/C(N)=N\CF. The van der Waals surface area contributed by atoms with Crippen LogP contribution in [0.25, 0.3) is 0 Å². The van der Waals surface area contributed by atoms with Gasteiger partial charge >= 0.3 is 0 Å². The smallest absolute Gasteiger partial charge is 0.284 e. The van der Waals surface area contributed by atoms with E-state index < -0.39 is 24.6 Å². The summed E-state index contributed by atoms with van der Waals surface area (Å²) < 4.78 is 31.6. The van der Waals surface area contributed by atoms with E-state index in [1.807, 2.05) is 13.0 Å². The zero-order valence-corrected chi connectivity index (χ0v) is 15.2. The van der Waals surface area contributed by atoms with E-state index in [2.05, 4.69) is 15.3 Å². The number of amides is 1. The van der Waals surface area contributed by atoms with Crippen LogP contribution in [0.2, 0.25) is 0 Å². The van der Waals surface area contributed by atoms with Crippen LogP contribution in [0.3, 0.4) is 0 Å². The number of benzene rings is 1. The zero-order valence-electron chi connectivity index (χ0n) is 15.2. The summed E-state index contributed by atoms with van der Waals surface area (Å²) in [7, 11) is 0. The predicted octanol–water partition coefficient (Wildman–Crippen LogP) is 2.92. The number of ether oxygens (including phenoxy) is 1. The number of pyridine rings is 1. The van der Waals surface area contributed by atoms with Crippen molar-refractivity contribution in [3.8, 4) is 6.07 Å². The quantitative estimate of drug-likeness (QED) is 0.431. The Kier molecular flexibility index (Phi) is 7.39. The fourth-order valence-electron chi connectivity index (χ4n) is 2.38. The number of hydrogen-bond acceptors (Lipinski definition) is 5. The Hall–Kier alpha value is -3.54. The molecule has 7 nitrogen and oxygen atoms in total. The maximum absolute atomic E-state index is 14.2. The van der Waals surface area contributed by atoms with Gasteiger partial charge in [0, 0.05) is 18.3 Å². The number of nitrogens with two attached hydrogens (primary N) is 1. The van der Waals surface area contributed by atoms with Gasteiger partial charge < -0.3 is 15.8 Å². The summed E-state index contributed by atoms with van der Waals surface area (Å²) >= 11 is 0. The lowest BCUT2D eigenvalue weighted by atomic mass is 10.0. The molecule has 2 rings (SSSR count). The van der Waals surface area contributed by atoms with Crippen molar-refractivity contribution in [2.75, 3.05) is 12.1 Å². The summed E-state index contributed by atoms with van der Waals surface area (Å²) in [6.07, 6.45) is 1.44. The number of carbonyl (C=O) groups excluding carboxylic acids is 1. The van der Waals surface area contributed by atoms with E-state index in [1.165, 1.54) is 36.5 Å². The minimum atomic E-state index is -0.998. The van der Waals surface area contributed by atoms with Crippen molar-refractivity contribution in [2.45, 2.75) is 25.9 Å². The monoisotopic (exact) mass is 387 g/mol. The van der Waals surface area contributed by atoms with Crippen molar-refractivity contribution in [2.24, 2.45) is 10.7 Å². The second-order valence-corrected chi connectivity index (χ2v) is 5.77. The molecule has 0 unspecified atom stereocenters. The number of anilines is 1. The molecule has 0 aliphatic carbocycles. The van der Waals surface area contributed by atoms with E-state index in [9.17, 15) is 13.6 Å². The second-order valence-electron chi connectivity index (χ2n) is 5.77. The Morgan fingerprint density at radius 2 is 2.21 bits per heavy atom. The highest BCUT2D eigenvalue weighted by atomic mass is 19.1. The Balaban J connectivity index is 2.12. The van der Waals surface area contributed by atoms with Crippen molar-refractivity contribution in [1.82, 2.24) is 4.98 Å². The van der Waals surface area contributed by atoms with Crippen molar-refractivity contribution in [1.29, 1.82) is 5.26 Å². The molecular formula is C19H19F2N5O2. The summed E-state index contributed by atoms with van der Waals surface area (Å²) in [5.74, 6) is -0.970. The van der Waals surface area contributed by atoms with Crippen molar-refractivity contribution < 1.29 is 18.3 Å². The molecule has 1 amide bonds. The second kappa shape index (κ2) is 9.97. The van der Waals surface area contributed by atoms with E-state index in [1.54, 1.807) is 0 Å². The normalized spacial score (nSPS) is 12.1. The van der Waals surface area contributed by atoms with E-state index >= 15 is 0 Å². The van der Waals surface area contributed by atoms with E-state index in [0.29, 0.717) is 23.2 Å². The number of aromatic nitrogens is 1. The molecule has 2 aromatic rings. The standard InChI is InChI=1S/C19H19F2N5O2/c1-2-15(28-19(23)25-11-20)8-13-7-14(4-5-16(13)21)26-18(27)17-6-3-12(9-22)10-24-17/h3-7,10,15H,2,8,11H2,1H3,(H2,23,25)(H,26,27)/t15-/m1/s1. The highest BCUT2D eigenvalue weighted by Gasteiger charge is 2.15. The van der Waals surface area contributed by atoms with Crippen LogP contribution < -0.4 is 11.1 Å². The highest BCUT2D eigenvalue weighted by Crippen LogP contribution is 2.19. The van der Waals surface area contributed by atoms with Gasteiger partial charge in [-0.15, -0.1) is 0 Å². The van der Waals surface area contributed by atoms with Gasteiger partial charge in [0.15, 0.2) is 6.80 Å². The first-order valence-electron chi connectivity index (χ1n) is 8.45.